The van der Waals surface area contributed by atoms with E-state index in [-0.39, 0.29) is 5.78 Å². The molecule has 2 aromatic rings. The summed E-state index contributed by atoms with van der Waals surface area (Å²) < 4.78 is 0. The molecule has 0 unspecified atom stereocenters. The predicted octanol–water partition coefficient (Wildman–Crippen LogP) is 0.281. The highest BCUT2D eigenvalue weighted by molar-refractivity contribution is 6.72. The number of pyridine rings is 1. The van der Waals surface area contributed by atoms with E-state index in [1.165, 1.54) is 0 Å². The van der Waals surface area contributed by atoms with Gasteiger partial charge in [0.1, 0.15) is 9.52 Å². The number of fused-ring (bicyclic) bond motifs is 2. The molecule has 2 nitrogen and oxygen atoms in total. The summed E-state index contributed by atoms with van der Waals surface area (Å²) in [4.78, 5) is 16.1. The highest BCUT2D eigenvalue weighted by Gasteiger charge is 2.22. The van der Waals surface area contributed by atoms with Crippen molar-refractivity contribution in [3.05, 3.63) is 53.9 Å². The van der Waals surface area contributed by atoms with E-state index in [2.05, 4.69) is 4.98 Å². The molecule has 0 amide bonds. The average Bonchev–Trinajstić information content (AvgIpc) is 2.30. The molecule has 0 saturated heterocycles. The molecule has 0 N–H and O–H groups in total. The van der Waals surface area contributed by atoms with Gasteiger partial charge in [-0.3, -0.25) is 9.78 Å². The summed E-state index contributed by atoms with van der Waals surface area (Å²) in [7, 11) is 0.569. The lowest BCUT2D eigenvalue weighted by molar-refractivity contribution is 0.104. The van der Waals surface area contributed by atoms with Gasteiger partial charge in [-0.1, -0.05) is 24.3 Å². The maximum absolute atomic E-state index is 12.1. The molecule has 3 rings (SSSR count). The molecule has 15 heavy (non-hydrogen) atoms. The van der Waals surface area contributed by atoms with E-state index in [1.807, 2.05) is 30.3 Å². The summed E-state index contributed by atoms with van der Waals surface area (Å²) in [5.41, 5.74) is 1.59. The summed E-state index contributed by atoms with van der Waals surface area (Å²) in [6.07, 6.45) is 3.41. The fraction of sp³-hybridized carbons (Fsp3) is 0. The van der Waals surface area contributed by atoms with Crippen molar-refractivity contribution in [2.75, 3.05) is 0 Å². The molecule has 1 aromatic heterocycles. The molecule has 1 aliphatic heterocycles. The second kappa shape index (κ2) is 3.14. The lowest BCUT2D eigenvalue weighted by Gasteiger charge is -2.16. The van der Waals surface area contributed by atoms with Crippen molar-refractivity contribution in [2.45, 2.75) is 0 Å². The maximum atomic E-state index is 12.1. The second-order valence-electron chi connectivity index (χ2n) is 3.42. The Morgan fingerprint density at radius 1 is 1.00 bits per heavy atom. The Bertz CT molecular complexity index is 503. The van der Waals surface area contributed by atoms with E-state index < -0.39 is 0 Å². The Hall–Kier alpha value is -1.74. The highest BCUT2D eigenvalue weighted by Crippen LogP contribution is 2.09. The van der Waals surface area contributed by atoms with Gasteiger partial charge in [-0.15, -0.1) is 0 Å². The Kier molecular flexibility index (Phi) is 1.79. The van der Waals surface area contributed by atoms with Crippen LogP contribution in [-0.4, -0.2) is 20.3 Å². The fourth-order valence-corrected chi connectivity index (χ4v) is 3.04. The molecule has 0 aliphatic carbocycles. The fourth-order valence-electron chi connectivity index (χ4n) is 1.76. The van der Waals surface area contributed by atoms with Gasteiger partial charge in [0.05, 0.1) is 0 Å². The summed E-state index contributed by atoms with van der Waals surface area (Å²) in [5, 5.41) is 2.25. The van der Waals surface area contributed by atoms with E-state index in [1.54, 1.807) is 12.4 Å². The molecule has 0 saturated carbocycles. The summed E-state index contributed by atoms with van der Waals surface area (Å²) in [5.74, 6) is 0.104. The number of benzene rings is 1. The van der Waals surface area contributed by atoms with Crippen LogP contribution in [0.4, 0.5) is 0 Å². The van der Waals surface area contributed by atoms with Crippen molar-refractivity contribution in [2.24, 2.45) is 0 Å². The Morgan fingerprint density at radius 2 is 1.80 bits per heavy atom. The maximum Gasteiger partial charge on any atom is 0.194 e. The monoisotopic (exact) mass is 209 g/mol. The first-order valence-electron chi connectivity index (χ1n) is 4.71. The first-order chi connectivity index (χ1) is 7.36. The molecule has 0 bridgehead atoms. The van der Waals surface area contributed by atoms with E-state index in [0.29, 0.717) is 9.52 Å². The number of hydrogen-bond donors (Lipinski definition) is 0. The molecular weight excluding hydrogens is 202 g/mol. The number of rotatable bonds is 0. The van der Waals surface area contributed by atoms with Crippen LogP contribution >= 0.6 is 0 Å². The summed E-state index contributed by atoms with van der Waals surface area (Å²) in [6.45, 7) is 0. The normalized spacial score (nSPS) is 13.2. The van der Waals surface area contributed by atoms with Gasteiger partial charge in [-0.05, 0) is 16.4 Å². The van der Waals surface area contributed by atoms with Crippen molar-refractivity contribution < 1.29 is 4.79 Å². The number of nitrogens with zero attached hydrogens (tertiary/aromatic N) is 1. The molecule has 0 atom stereocenters. The molecule has 0 fully saturated rings. The Morgan fingerprint density at radius 3 is 2.73 bits per heavy atom. The van der Waals surface area contributed by atoms with Gasteiger partial charge < -0.3 is 0 Å². The van der Waals surface area contributed by atoms with Gasteiger partial charge in [-0.25, -0.2) is 0 Å². The standard InChI is InChI=1S/C12H7NOSi/c14-12-8-3-1-2-4-10(8)15-11-5-6-13-7-9(11)12/h1-7H. The zero-order chi connectivity index (χ0) is 10.3. The largest absolute Gasteiger partial charge is 0.289 e. The number of aromatic nitrogens is 1. The molecule has 1 aromatic carbocycles. The minimum atomic E-state index is 0.104. The number of carbonyl (C=O) groups is 1. The van der Waals surface area contributed by atoms with Crippen molar-refractivity contribution in [1.82, 2.24) is 4.98 Å². The third kappa shape index (κ3) is 1.24. The van der Waals surface area contributed by atoms with Gasteiger partial charge in [-0.2, -0.15) is 0 Å². The minimum absolute atomic E-state index is 0.104. The molecular formula is C12H7NOSi. The van der Waals surface area contributed by atoms with Crippen molar-refractivity contribution in [3.63, 3.8) is 0 Å². The third-order valence-electron chi connectivity index (χ3n) is 2.51. The zero-order valence-electron chi connectivity index (χ0n) is 7.90. The Labute approximate surface area is 89.8 Å². The molecule has 3 heteroatoms. The quantitative estimate of drug-likeness (QED) is 0.498. The van der Waals surface area contributed by atoms with Crippen LogP contribution in [0.3, 0.4) is 0 Å². The molecule has 2 radical (unpaired) electrons. The Balaban J connectivity index is 2.24. The molecule has 70 valence electrons. The van der Waals surface area contributed by atoms with Crippen molar-refractivity contribution in [3.8, 4) is 0 Å². The van der Waals surface area contributed by atoms with Gasteiger partial charge >= 0.3 is 0 Å². The molecule has 1 aliphatic rings. The predicted molar refractivity (Wildman–Crippen MR) is 59.1 cm³/mol. The van der Waals surface area contributed by atoms with Crippen LogP contribution in [0.5, 0.6) is 0 Å². The van der Waals surface area contributed by atoms with Crippen LogP contribution in [0.2, 0.25) is 0 Å². The van der Waals surface area contributed by atoms with E-state index >= 15 is 0 Å². The van der Waals surface area contributed by atoms with Crippen LogP contribution < -0.4 is 10.4 Å². The van der Waals surface area contributed by atoms with Gasteiger partial charge in [0, 0.05) is 23.5 Å². The first-order valence-corrected chi connectivity index (χ1v) is 5.71. The SMILES string of the molecule is O=C1c2ccccc2[Si]c2ccncc21. The van der Waals surface area contributed by atoms with Crippen LogP contribution in [0.25, 0.3) is 0 Å². The average molecular weight is 209 g/mol. The smallest absolute Gasteiger partial charge is 0.194 e. The highest BCUT2D eigenvalue weighted by atomic mass is 28.2. The van der Waals surface area contributed by atoms with Crippen molar-refractivity contribution >= 4 is 25.7 Å². The van der Waals surface area contributed by atoms with Crippen LogP contribution in [-0.2, 0) is 0 Å². The lowest BCUT2D eigenvalue weighted by Crippen LogP contribution is -2.40. The van der Waals surface area contributed by atoms with Gasteiger partial charge in [0.25, 0.3) is 0 Å². The topological polar surface area (TPSA) is 30.0 Å². The van der Waals surface area contributed by atoms with Crippen LogP contribution in [0, 0.1) is 0 Å². The number of ketones is 1. The third-order valence-corrected chi connectivity index (χ3v) is 3.92. The van der Waals surface area contributed by atoms with Crippen LogP contribution in [0.15, 0.2) is 42.7 Å². The van der Waals surface area contributed by atoms with Gasteiger partial charge in [0.15, 0.2) is 5.78 Å². The van der Waals surface area contributed by atoms with E-state index in [0.717, 1.165) is 21.5 Å². The molecule has 2 heterocycles. The second-order valence-corrected chi connectivity index (χ2v) is 4.75. The summed E-state index contributed by atoms with van der Waals surface area (Å²) >= 11 is 0. The van der Waals surface area contributed by atoms with E-state index in [4.69, 9.17) is 0 Å². The van der Waals surface area contributed by atoms with Gasteiger partial charge in [0.2, 0.25) is 0 Å². The minimum Gasteiger partial charge on any atom is -0.289 e. The number of carbonyl (C=O) groups excluding carboxylic acids is 1. The van der Waals surface area contributed by atoms with Crippen molar-refractivity contribution in [1.29, 1.82) is 0 Å². The van der Waals surface area contributed by atoms with E-state index in [9.17, 15) is 4.79 Å². The lowest BCUT2D eigenvalue weighted by atomic mass is 10.0. The zero-order valence-corrected chi connectivity index (χ0v) is 8.90. The number of hydrogen-bond acceptors (Lipinski definition) is 2. The van der Waals surface area contributed by atoms with Crippen LogP contribution in [0.1, 0.15) is 15.9 Å². The molecule has 0 spiro atoms. The first kappa shape index (κ1) is 8.56. The summed E-state index contributed by atoms with van der Waals surface area (Å²) in [6, 6.07) is 9.73.